The molecule has 0 radical (unpaired) electrons. The molecule has 0 bridgehead atoms. The van der Waals surface area contributed by atoms with Gasteiger partial charge in [0.1, 0.15) is 0 Å². The third-order valence-corrected chi connectivity index (χ3v) is 2.75. The molecular formula is C10H8O. The lowest BCUT2D eigenvalue weighted by Crippen LogP contribution is -1.96. The van der Waals surface area contributed by atoms with Crippen LogP contribution in [0.4, 0.5) is 0 Å². The molecule has 0 saturated heterocycles. The number of carbonyl (C=O) groups excluding carboxylic acids is 1. The number of rotatable bonds is 0. The summed E-state index contributed by atoms with van der Waals surface area (Å²) < 4.78 is 0. The summed E-state index contributed by atoms with van der Waals surface area (Å²) >= 11 is 0. The molecule has 1 heteroatoms. The highest BCUT2D eigenvalue weighted by Crippen LogP contribution is 2.55. The first-order chi connectivity index (χ1) is 5.38. The van der Waals surface area contributed by atoms with Gasteiger partial charge in [-0.1, -0.05) is 24.3 Å². The molecule has 11 heavy (non-hydrogen) atoms. The van der Waals surface area contributed by atoms with Gasteiger partial charge in [0, 0.05) is 11.5 Å². The summed E-state index contributed by atoms with van der Waals surface area (Å²) in [6.45, 7) is 0. The van der Waals surface area contributed by atoms with E-state index in [4.69, 9.17) is 0 Å². The Balaban J connectivity index is 2.29. The van der Waals surface area contributed by atoms with E-state index in [1.165, 1.54) is 5.56 Å². The number of ketones is 1. The van der Waals surface area contributed by atoms with Gasteiger partial charge in [0.15, 0.2) is 5.78 Å². The Morgan fingerprint density at radius 3 is 2.82 bits per heavy atom. The molecule has 1 saturated carbocycles. The van der Waals surface area contributed by atoms with Crippen molar-refractivity contribution in [3.63, 3.8) is 0 Å². The Labute approximate surface area is 65.0 Å². The summed E-state index contributed by atoms with van der Waals surface area (Å²) in [7, 11) is 0. The van der Waals surface area contributed by atoms with Gasteiger partial charge in [0.05, 0.1) is 0 Å². The second-order valence-electron chi connectivity index (χ2n) is 3.40. The van der Waals surface area contributed by atoms with Crippen molar-refractivity contribution in [2.45, 2.75) is 12.3 Å². The molecule has 0 aliphatic heterocycles. The van der Waals surface area contributed by atoms with Crippen molar-refractivity contribution in [1.29, 1.82) is 0 Å². The lowest BCUT2D eigenvalue weighted by molar-refractivity contribution is 0.0974. The third-order valence-electron chi connectivity index (χ3n) is 2.75. The molecule has 2 aliphatic rings. The van der Waals surface area contributed by atoms with Crippen molar-refractivity contribution >= 4 is 5.78 Å². The Hall–Kier alpha value is -1.11. The smallest absolute Gasteiger partial charge is 0.166 e. The highest BCUT2D eigenvalue weighted by molar-refractivity contribution is 6.05. The molecule has 0 heterocycles. The molecule has 1 fully saturated rings. The predicted octanol–water partition coefficient (Wildman–Crippen LogP) is 1.99. The van der Waals surface area contributed by atoms with Crippen molar-refractivity contribution in [3.05, 3.63) is 35.4 Å². The van der Waals surface area contributed by atoms with E-state index in [-0.39, 0.29) is 0 Å². The second kappa shape index (κ2) is 1.55. The van der Waals surface area contributed by atoms with Crippen LogP contribution in [0.5, 0.6) is 0 Å². The largest absolute Gasteiger partial charge is 0.294 e. The first-order valence-corrected chi connectivity index (χ1v) is 4.01. The van der Waals surface area contributed by atoms with E-state index in [0.29, 0.717) is 17.6 Å². The van der Waals surface area contributed by atoms with Gasteiger partial charge in [-0.3, -0.25) is 4.79 Å². The molecule has 2 aliphatic carbocycles. The number of carbonyl (C=O) groups is 1. The fourth-order valence-corrected chi connectivity index (χ4v) is 2.07. The number of fused-ring (bicyclic) bond motifs is 3. The van der Waals surface area contributed by atoms with Crippen LogP contribution >= 0.6 is 0 Å². The SMILES string of the molecule is O=C1c2ccccc2C2CC12. The number of benzene rings is 1. The van der Waals surface area contributed by atoms with Crippen molar-refractivity contribution in [2.24, 2.45) is 5.92 Å². The molecule has 0 aromatic heterocycles. The average Bonchev–Trinajstić information content (AvgIpc) is 2.78. The summed E-state index contributed by atoms with van der Waals surface area (Å²) in [6.07, 6.45) is 1.11. The van der Waals surface area contributed by atoms with Crippen LogP contribution < -0.4 is 0 Å². The third kappa shape index (κ3) is 0.543. The van der Waals surface area contributed by atoms with Crippen molar-refractivity contribution < 1.29 is 4.79 Å². The first-order valence-electron chi connectivity index (χ1n) is 4.01. The lowest BCUT2D eigenvalue weighted by Gasteiger charge is -1.97. The minimum atomic E-state index is 0.368. The van der Waals surface area contributed by atoms with Crippen molar-refractivity contribution in [2.75, 3.05) is 0 Å². The number of Topliss-reactive ketones (excluding diaryl/α,β-unsaturated/α-hetero) is 1. The van der Waals surface area contributed by atoms with Crippen LogP contribution in [0.2, 0.25) is 0 Å². The van der Waals surface area contributed by atoms with Crippen LogP contribution in [0.15, 0.2) is 24.3 Å². The van der Waals surface area contributed by atoms with E-state index in [1.54, 1.807) is 0 Å². The van der Waals surface area contributed by atoms with E-state index >= 15 is 0 Å². The summed E-state index contributed by atoms with van der Waals surface area (Å²) in [5.41, 5.74) is 2.27. The Kier molecular flexibility index (Phi) is 0.780. The molecule has 0 amide bonds. The molecule has 54 valence electrons. The van der Waals surface area contributed by atoms with E-state index in [2.05, 4.69) is 6.07 Å². The minimum Gasteiger partial charge on any atom is -0.294 e. The number of hydrogen-bond donors (Lipinski definition) is 0. The summed E-state index contributed by atoms with van der Waals surface area (Å²) in [5.74, 6) is 1.34. The average molecular weight is 144 g/mol. The van der Waals surface area contributed by atoms with Gasteiger partial charge in [0.25, 0.3) is 0 Å². The fraction of sp³-hybridized carbons (Fsp3) is 0.300. The zero-order valence-corrected chi connectivity index (χ0v) is 6.08. The molecular weight excluding hydrogens is 136 g/mol. The predicted molar refractivity (Wildman–Crippen MR) is 41.6 cm³/mol. The van der Waals surface area contributed by atoms with Crippen LogP contribution in [-0.4, -0.2) is 5.78 Å². The minimum absolute atomic E-state index is 0.368. The van der Waals surface area contributed by atoms with Crippen LogP contribution in [0.3, 0.4) is 0 Å². The van der Waals surface area contributed by atoms with Gasteiger partial charge in [-0.25, -0.2) is 0 Å². The van der Waals surface area contributed by atoms with Crippen LogP contribution in [0, 0.1) is 5.92 Å². The van der Waals surface area contributed by atoms with Gasteiger partial charge in [0.2, 0.25) is 0 Å². The maximum Gasteiger partial charge on any atom is 0.166 e. The van der Waals surface area contributed by atoms with Crippen LogP contribution in [0.25, 0.3) is 0 Å². The molecule has 2 unspecified atom stereocenters. The maximum atomic E-state index is 11.4. The maximum absolute atomic E-state index is 11.4. The Morgan fingerprint density at radius 2 is 2.00 bits per heavy atom. The second-order valence-corrected chi connectivity index (χ2v) is 3.40. The highest BCUT2D eigenvalue weighted by Gasteiger charge is 2.51. The van der Waals surface area contributed by atoms with Gasteiger partial charge < -0.3 is 0 Å². The lowest BCUT2D eigenvalue weighted by atomic mass is 10.1. The quantitative estimate of drug-likeness (QED) is 0.544. The summed E-state index contributed by atoms with van der Waals surface area (Å²) in [4.78, 5) is 11.4. The standard InChI is InChI=1S/C10H8O/c11-10-7-4-2-1-3-6(7)8-5-9(8)10/h1-4,8-9H,5H2. The zero-order chi connectivity index (χ0) is 7.42. The summed E-state index contributed by atoms with van der Waals surface area (Å²) in [6, 6.07) is 8.00. The number of hydrogen-bond acceptors (Lipinski definition) is 1. The normalized spacial score (nSPS) is 31.5. The molecule has 1 nitrogen and oxygen atoms in total. The van der Waals surface area contributed by atoms with E-state index in [9.17, 15) is 4.79 Å². The van der Waals surface area contributed by atoms with Gasteiger partial charge in [-0.2, -0.15) is 0 Å². The Bertz CT molecular complexity index is 340. The van der Waals surface area contributed by atoms with E-state index in [1.807, 2.05) is 18.2 Å². The highest BCUT2D eigenvalue weighted by atomic mass is 16.1. The topological polar surface area (TPSA) is 17.1 Å². The van der Waals surface area contributed by atoms with Crippen LogP contribution in [-0.2, 0) is 0 Å². The van der Waals surface area contributed by atoms with Crippen molar-refractivity contribution in [1.82, 2.24) is 0 Å². The first kappa shape index (κ1) is 5.53. The van der Waals surface area contributed by atoms with Gasteiger partial charge in [-0.15, -0.1) is 0 Å². The molecule has 2 atom stereocenters. The van der Waals surface area contributed by atoms with Crippen molar-refractivity contribution in [3.8, 4) is 0 Å². The fourth-order valence-electron chi connectivity index (χ4n) is 2.07. The zero-order valence-electron chi connectivity index (χ0n) is 6.08. The van der Waals surface area contributed by atoms with E-state index in [0.717, 1.165) is 12.0 Å². The molecule has 0 spiro atoms. The van der Waals surface area contributed by atoms with Gasteiger partial charge in [-0.05, 0) is 17.9 Å². The molecule has 3 rings (SSSR count). The summed E-state index contributed by atoms with van der Waals surface area (Å²) in [5, 5.41) is 0. The van der Waals surface area contributed by atoms with E-state index < -0.39 is 0 Å². The molecule has 1 aromatic rings. The van der Waals surface area contributed by atoms with Crippen LogP contribution in [0.1, 0.15) is 28.3 Å². The Morgan fingerprint density at radius 1 is 1.18 bits per heavy atom. The molecule has 0 N–H and O–H groups in total. The molecule has 1 aromatic carbocycles. The van der Waals surface area contributed by atoms with Gasteiger partial charge >= 0.3 is 0 Å². The monoisotopic (exact) mass is 144 g/mol.